The van der Waals surface area contributed by atoms with Crippen molar-refractivity contribution in [1.29, 1.82) is 0 Å². The Balaban J connectivity index is 2.24. The third-order valence-electron chi connectivity index (χ3n) is 2.81. The molecule has 0 radical (unpaired) electrons. The van der Waals surface area contributed by atoms with Gasteiger partial charge in [-0.2, -0.15) is 0 Å². The Morgan fingerprint density at radius 3 is 2.88 bits per heavy atom. The predicted octanol–water partition coefficient (Wildman–Crippen LogP) is 2.80. The Bertz CT molecular complexity index is 437. The number of carbonyl (C=O) groups is 1. The van der Waals surface area contributed by atoms with Crippen molar-refractivity contribution in [1.82, 2.24) is 4.90 Å². The average Bonchev–Trinajstić information content (AvgIpc) is 2.75. The highest BCUT2D eigenvalue weighted by Crippen LogP contribution is 2.26. The van der Waals surface area contributed by atoms with Crippen LogP contribution in [0.15, 0.2) is 18.2 Å². The fraction of sp³-hybridized carbons (Fsp3) is 0.417. The van der Waals surface area contributed by atoms with E-state index in [1.165, 1.54) is 7.11 Å². The van der Waals surface area contributed by atoms with Crippen molar-refractivity contribution in [2.75, 3.05) is 20.2 Å². The van der Waals surface area contributed by atoms with E-state index in [0.717, 1.165) is 6.42 Å². The lowest BCUT2D eigenvalue weighted by Crippen LogP contribution is -2.29. The summed E-state index contributed by atoms with van der Waals surface area (Å²) in [6.07, 6.45) is 0.837. The maximum atomic E-state index is 12.2. The first kappa shape index (κ1) is 12.5. The van der Waals surface area contributed by atoms with Crippen LogP contribution in [0.3, 0.4) is 0 Å². The van der Waals surface area contributed by atoms with E-state index in [-0.39, 0.29) is 11.3 Å². The van der Waals surface area contributed by atoms with Crippen molar-refractivity contribution in [3.63, 3.8) is 0 Å². The second kappa shape index (κ2) is 5.15. The number of hydrogen-bond donors (Lipinski definition) is 0. The molecule has 1 unspecified atom stereocenters. The first-order valence-electron chi connectivity index (χ1n) is 5.38. The van der Waals surface area contributed by atoms with Crippen LogP contribution in [0.5, 0.6) is 5.75 Å². The Morgan fingerprint density at radius 2 is 2.29 bits per heavy atom. The molecule has 0 bridgehead atoms. The zero-order valence-electron chi connectivity index (χ0n) is 9.45. The van der Waals surface area contributed by atoms with Crippen molar-refractivity contribution in [2.24, 2.45) is 0 Å². The van der Waals surface area contributed by atoms with E-state index >= 15 is 0 Å². The van der Waals surface area contributed by atoms with Gasteiger partial charge in [-0.15, -0.1) is 11.6 Å². The van der Waals surface area contributed by atoms with Gasteiger partial charge < -0.3 is 9.64 Å². The van der Waals surface area contributed by atoms with Crippen LogP contribution in [0.4, 0.5) is 0 Å². The number of nitrogens with zero attached hydrogens (tertiary/aromatic N) is 1. The number of ether oxygens (including phenoxy) is 1. The molecule has 1 saturated heterocycles. The number of rotatable bonds is 2. The summed E-state index contributed by atoms with van der Waals surface area (Å²) in [6.45, 7) is 1.28. The summed E-state index contributed by atoms with van der Waals surface area (Å²) in [6, 6.07) is 5.01. The molecule has 1 aromatic rings. The van der Waals surface area contributed by atoms with Gasteiger partial charge in [-0.05, 0) is 24.6 Å². The lowest BCUT2D eigenvalue weighted by Gasteiger charge is -2.17. The Hall–Kier alpha value is -0.930. The van der Waals surface area contributed by atoms with Crippen molar-refractivity contribution in [2.45, 2.75) is 11.8 Å². The molecule has 1 heterocycles. The Kier molecular flexibility index (Phi) is 3.79. The topological polar surface area (TPSA) is 29.5 Å². The highest BCUT2D eigenvalue weighted by molar-refractivity contribution is 6.30. The number of likely N-dealkylation sites (tertiary alicyclic amines) is 1. The van der Waals surface area contributed by atoms with Crippen LogP contribution in [-0.4, -0.2) is 36.4 Å². The van der Waals surface area contributed by atoms with Crippen molar-refractivity contribution >= 4 is 29.1 Å². The molecule has 2 rings (SSSR count). The van der Waals surface area contributed by atoms with Gasteiger partial charge in [0.1, 0.15) is 5.75 Å². The summed E-state index contributed by atoms with van der Waals surface area (Å²) in [4.78, 5) is 14.0. The lowest BCUT2D eigenvalue weighted by molar-refractivity contribution is 0.0790. The zero-order valence-corrected chi connectivity index (χ0v) is 11.0. The molecular weight excluding hydrogens is 261 g/mol. The first-order chi connectivity index (χ1) is 8.11. The van der Waals surface area contributed by atoms with Gasteiger partial charge in [0.25, 0.3) is 5.91 Å². The quantitative estimate of drug-likeness (QED) is 0.776. The van der Waals surface area contributed by atoms with E-state index in [1.807, 2.05) is 0 Å². The van der Waals surface area contributed by atoms with E-state index in [1.54, 1.807) is 23.1 Å². The minimum atomic E-state index is -0.0540. The second-order valence-electron chi connectivity index (χ2n) is 3.98. The van der Waals surface area contributed by atoms with Gasteiger partial charge in [0.15, 0.2) is 0 Å². The van der Waals surface area contributed by atoms with E-state index in [9.17, 15) is 4.79 Å². The molecule has 17 heavy (non-hydrogen) atoms. The molecule has 0 aromatic heterocycles. The molecule has 1 aliphatic rings. The summed E-state index contributed by atoms with van der Waals surface area (Å²) < 4.78 is 5.17. The molecule has 1 atom stereocenters. The number of alkyl halides is 1. The van der Waals surface area contributed by atoms with Crippen LogP contribution in [0.25, 0.3) is 0 Å². The monoisotopic (exact) mass is 273 g/mol. The van der Waals surface area contributed by atoms with Crippen LogP contribution in [0.1, 0.15) is 16.8 Å². The molecule has 92 valence electrons. The summed E-state index contributed by atoms with van der Waals surface area (Å²) in [5, 5.41) is 0.604. The van der Waals surface area contributed by atoms with Crippen LogP contribution in [-0.2, 0) is 0 Å². The van der Waals surface area contributed by atoms with Gasteiger partial charge in [-0.3, -0.25) is 4.79 Å². The van der Waals surface area contributed by atoms with E-state index in [0.29, 0.717) is 29.4 Å². The Labute approximate surface area is 110 Å². The highest BCUT2D eigenvalue weighted by Gasteiger charge is 2.27. The fourth-order valence-electron chi connectivity index (χ4n) is 1.91. The van der Waals surface area contributed by atoms with Crippen LogP contribution < -0.4 is 4.74 Å². The molecule has 1 aromatic carbocycles. The molecule has 5 heteroatoms. The van der Waals surface area contributed by atoms with E-state index < -0.39 is 0 Å². The van der Waals surface area contributed by atoms with Crippen LogP contribution >= 0.6 is 23.2 Å². The van der Waals surface area contributed by atoms with E-state index in [2.05, 4.69) is 0 Å². The highest BCUT2D eigenvalue weighted by atomic mass is 35.5. The predicted molar refractivity (Wildman–Crippen MR) is 68.2 cm³/mol. The number of carbonyl (C=O) groups excluding carboxylic acids is 1. The first-order valence-corrected chi connectivity index (χ1v) is 6.20. The van der Waals surface area contributed by atoms with Gasteiger partial charge in [0.2, 0.25) is 0 Å². The molecule has 0 spiro atoms. The van der Waals surface area contributed by atoms with Gasteiger partial charge in [-0.1, -0.05) is 11.6 Å². The number of methoxy groups -OCH3 is 1. The summed E-state index contributed by atoms with van der Waals surface area (Å²) >= 11 is 11.8. The maximum absolute atomic E-state index is 12.2. The Morgan fingerprint density at radius 1 is 1.53 bits per heavy atom. The van der Waals surface area contributed by atoms with Gasteiger partial charge in [0.05, 0.1) is 18.1 Å². The molecule has 0 N–H and O–H groups in total. The minimum Gasteiger partial charge on any atom is -0.496 e. The van der Waals surface area contributed by atoms with Crippen LogP contribution in [0.2, 0.25) is 5.02 Å². The molecular formula is C12H13Cl2NO2. The van der Waals surface area contributed by atoms with Gasteiger partial charge >= 0.3 is 0 Å². The third kappa shape index (κ3) is 2.67. The van der Waals surface area contributed by atoms with Crippen molar-refractivity contribution < 1.29 is 9.53 Å². The summed E-state index contributed by atoms with van der Waals surface area (Å²) in [7, 11) is 1.52. The van der Waals surface area contributed by atoms with Gasteiger partial charge in [-0.25, -0.2) is 0 Å². The minimum absolute atomic E-state index is 0.0530. The number of amides is 1. The molecule has 1 fully saturated rings. The zero-order chi connectivity index (χ0) is 12.4. The third-order valence-corrected chi connectivity index (χ3v) is 3.40. The second-order valence-corrected chi connectivity index (χ2v) is 5.04. The SMILES string of the molecule is COc1cc(Cl)ccc1C(=O)N1CCC(Cl)C1. The molecule has 1 aliphatic heterocycles. The number of hydrogen-bond acceptors (Lipinski definition) is 2. The smallest absolute Gasteiger partial charge is 0.257 e. The standard InChI is InChI=1S/C12H13Cl2NO2/c1-17-11-6-8(13)2-3-10(11)12(16)15-5-4-9(14)7-15/h2-3,6,9H,4-5,7H2,1H3. The number of halogens is 2. The van der Waals surface area contributed by atoms with Crippen molar-refractivity contribution in [3.05, 3.63) is 28.8 Å². The molecule has 3 nitrogen and oxygen atoms in total. The average molecular weight is 274 g/mol. The van der Waals surface area contributed by atoms with E-state index in [4.69, 9.17) is 27.9 Å². The molecule has 0 aliphatic carbocycles. The maximum Gasteiger partial charge on any atom is 0.257 e. The van der Waals surface area contributed by atoms with Crippen molar-refractivity contribution in [3.8, 4) is 5.75 Å². The number of benzene rings is 1. The van der Waals surface area contributed by atoms with Gasteiger partial charge in [0, 0.05) is 18.1 Å². The molecule has 1 amide bonds. The normalized spacial score (nSPS) is 19.5. The lowest BCUT2D eigenvalue weighted by atomic mass is 10.2. The van der Waals surface area contributed by atoms with Crippen LogP contribution in [0, 0.1) is 0 Å². The molecule has 0 saturated carbocycles. The fourth-order valence-corrected chi connectivity index (χ4v) is 2.34. The largest absolute Gasteiger partial charge is 0.496 e. The summed E-state index contributed by atoms with van der Waals surface area (Å²) in [5.74, 6) is 0.446. The summed E-state index contributed by atoms with van der Waals surface area (Å²) in [5.41, 5.74) is 0.530.